The van der Waals surface area contributed by atoms with Gasteiger partial charge < -0.3 is 0 Å². The molecule has 0 radical (unpaired) electrons. The molecule has 0 N–H and O–H groups in total. The highest BCUT2D eigenvalue weighted by molar-refractivity contribution is 4.86. The summed E-state index contributed by atoms with van der Waals surface area (Å²) in [7, 11) is 0. The molecule has 0 unspecified atom stereocenters. The minimum atomic E-state index is 0.403. The Morgan fingerprint density at radius 3 is 0.500 bits per heavy atom. The van der Waals surface area contributed by atoms with Crippen molar-refractivity contribution in [3.05, 3.63) is 0 Å². The van der Waals surface area contributed by atoms with E-state index in [0.717, 1.165) is 0 Å². The third kappa shape index (κ3) is 26.3. The summed E-state index contributed by atoms with van der Waals surface area (Å²) in [6.07, 6.45) is 8.44. The molecule has 4 nitrogen and oxygen atoms in total. The number of hydrogen-bond acceptors (Lipinski definition) is 4. The zero-order valence-corrected chi connectivity index (χ0v) is 33.7. The Balaban J connectivity index is -0.000000213. The molecule has 0 spiro atoms. The maximum atomic E-state index is 2.58. The van der Waals surface area contributed by atoms with Gasteiger partial charge in [0.15, 0.2) is 0 Å². The summed E-state index contributed by atoms with van der Waals surface area (Å²) in [5.74, 6) is 0. The largest absolute Gasteiger partial charge is 0.298 e. The minimum absolute atomic E-state index is 0.403. The molecule has 4 aliphatic heterocycles. The van der Waals surface area contributed by atoms with Crippen molar-refractivity contribution >= 4 is 0 Å². The number of rotatable bonds is 0. The Morgan fingerprint density at radius 2 is 0.405 bits per heavy atom. The topological polar surface area (TPSA) is 12.7 Å². The van der Waals surface area contributed by atoms with Crippen molar-refractivity contribution in [2.45, 2.75) is 199 Å². The lowest BCUT2D eigenvalue weighted by molar-refractivity contribution is 0.0690. The van der Waals surface area contributed by atoms with Crippen LogP contribution in [0.4, 0.5) is 0 Å². The van der Waals surface area contributed by atoms with Crippen LogP contribution in [-0.4, -0.2) is 94.1 Å². The molecule has 0 amide bonds. The van der Waals surface area contributed by atoms with Crippen molar-refractivity contribution in [2.24, 2.45) is 0 Å². The Labute approximate surface area is 270 Å². The molecule has 0 aliphatic carbocycles. The van der Waals surface area contributed by atoms with E-state index in [1.807, 2.05) is 55.4 Å². The Kier molecular flexibility index (Phi) is 30.3. The van der Waals surface area contributed by atoms with Crippen LogP contribution in [-0.2, 0) is 0 Å². The Bertz CT molecular complexity index is 525. The Morgan fingerprint density at radius 1 is 0.238 bits per heavy atom. The van der Waals surface area contributed by atoms with Gasteiger partial charge in [-0.3, -0.25) is 19.6 Å². The van der Waals surface area contributed by atoms with Gasteiger partial charge in [0.25, 0.3) is 0 Å². The molecule has 4 heterocycles. The third-order valence-electron chi connectivity index (χ3n) is 7.56. The van der Waals surface area contributed by atoms with E-state index in [9.17, 15) is 0 Å². The van der Waals surface area contributed by atoms with Gasteiger partial charge in [-0.15, -0.1) is 0 Å². The van der Waals surface area contributed by atoms with E-state index >= 15 is 0 Å². The first-order chi connectivity index (χ1) is 19.4. The molecule has 0 aromatic rings. The molecule has 4 saturated heterocycles. The van der Waals surface area contributed by atoms with Crippen molar-refractivity contribution in [3.63, 3.8) is 0 Å². The Hall–Kier alpha value is -0.160. The summed E-state index contributed by atoms with van der Waals surface area (Å²) in [6.45, 7) is 53.8. The normalized spacial score (nSPS) is 19.1. The SMILES string of the molecule is CC.CC.CC.CC.CC(C)(C)N1CC1.CC(C)(C)N1CCC1.CC(C)(C)N1CCCC1.CC(C)(C)N1CCCCC1. The summed E-state index contributed by atoms with van der Waals surface area (Å²) in [5.41, 5.74) is 1.69. The molecule has 260 valence electrons. The molecule has 4 rings (SSSR count). The smallest absolute Gasteiger partial charge is 0.0126 e. The second kappa shape index (κ2) is 26.1. The number of hydrogen-bond donors (Lipinski definition) is 0. The highest BCUT2D eigenvalue weighted by atomic mass is 15.3. The third-order valence-corrected chi connectivity index (χ3v) is 7.56. The number of likely N-dealkylation sites (tertiary alicyclic amines) is 3. The second-order valence-corrected chi connectivity index (χ2v) is 14.8. The van der Waals surface area contributed by atoms with Crippen molar-refractivity contribution in [1.29, 1.82) is 0 Å². The maximum Gasteiger partial charge on any atom is 0.0126 e. The van der Waals surface area contributed by atoms with E-state index in [2.05, 4.69) is 103 Å². The molecule has 0 aromatic carbocycles. The summed E-state index contributed by atoms with van der Waals surface area (Å²) >= 11 is 0. The van der Waals surface area contributed by atoms with Crippen LogP contribution in [0.3, 0.4) is 0 Å². The maximum absolute atomic E-state index is 2.58. The monoisotopic (exact) mass is 601 g/mol. The zero-order valence-electron chi connectivity index (χ0n) is 33.7. The van der Waals surface area contributed by atoms with E-state index in [1.54, 1.807) is 0 Å². The van der Waals surface area contributed by atoms with Gasteiger partial charge in [0.05, 0.1) is 0 Å². The summed E-state index contributed by atoms with van der Waals surface area (Å²) < 4.78 is 0. The highest BCUT2D eigenvalue weighted by Crippen LogP contribution is 2.21. The minimum Gasteiger partial charge on any atom is -0.298 e. The number of piperidine rings is 1. The molecule has 42 heavy (non-hydrogen) atoms. The fraction of sp³-hybridized carbons (Fsp3) is 1.00. The van der Waals surface area contributed by atoms with Gasteiger partial charge in [-0.25, -0.2) is 0 Å². The standard InChI is InChI=1S/C9H19N.C8H17N.C7H15N.C6H13N.4C2H6/c1-9(2,3)10-7-5-4-6-8-10;1-8(2,3)9-6-4-5-7-9;1-7(2,3)8-5-4-6-8;1-6(2,3)7-4-5-7;4*1-2/h4-8H2,1-3H3;4-7H2,1-3H3;4-6H2,1-3H3;4-5H2,1-3H3;4*1-2H3. The molecular formula is C38H88N4. The average Bonchev–Trinajstić information content (AvgIpc) is 3.62. The van der Waals surface area contributed by atoms with Crippen molar-refractivity contribution < 1.29 is 0 Å². The van der Waals surface area contributed by atoms with E-state index in [4.69, 9.17) is 0 Å². The predicted molar refractivity (Wildman–Crippen MR) is 198 cm³/mol. The van der Waals surface area contributed by atoms with Crippen molar-refractivity contribution in [3.8, 4) is 0 Å². The van der Waals surface area contributed by atoms with Crippen molar-refractivity contribution in [2.75, 3.05) is 52.4 Å². The molecule has 4 fully saturated rings. The lowest BCUT2D eigenvalue weighted by Gasteiger charge is -2.42. The van der Waals surface area contributed by atoms with E-state index in [1.165, 1.54) is 90.9 Å². The summed E-state index contributed by atoms with van der Waals surface area (Å²) in [6, 6.07) is 0. The van der Waals surface area contributed by atoms with Gasteiger partial charge in [0, 0.05) is 35.2 Å². The van der Waals surface area contributed by atoms with Gasteiger partial charge in [-0.05, 0) is 154 Å². The van der Waals surface area contributed by atoms with Crippen LogP contribution >= 0.6 is 0 Å². The highest BCUT2D eigenvalue weighted by Gasteiger charge is 2.29. The van der Waals surface area contributed by atoms with E-state index in [-0.39, 0.29) is 0 Å². The van der Waals surface area contributed by atoms with Gasteiger partial charge in [-0.2, -0.15) is 0 Å². The quantitative estimate of drug-likeness (QED) is 0.256. The van der Waals surface area contributed by atoms with Crippen molar-refractivity contribution in [1.82, 2.24) is 19.6 Å². The molecule has 4 heteroatoms. The van der Waals surface area contributed by atoms with Crippen LogP contribution in [0.15, 0.2) is 0 Å². The summed E-state index contributed by atoms with van der Waals surface area (Å²) in [4.78, 5) is 10.1. The van der Waals surface area contributed by atoms with Crippen LogP contribution < -0.4 is 0 Å². The molecule has 4 aliphatic rings. The molecule has 0 aromatic heterocycles. The summed E-state index contributed by atoms with van der Waals surface area (Å²) in [5, 5.41) is 0. The van der Waals surface area contributed by atoms with Gasteiger partial charge in [0.2, 0.25) is 0 Å². The van der Waals surface area contributed by atoms with Crippen LogP contribution in [0.1, 0.15) is 177 Å². The van der Waals surface area contributed by atoms with E-state index in [0.29, 0.717) is 22.2 Å². The van der Waals surface area contributed by atoms with Crippen LogP contribution in [0.2, 0.25) is 0 Å². The molecule has 0 atom stereocenters. The van der Waals surface area contributed by atoms with Gasteiger partial charge in [0.1, 0.15) is 0 Å². The first-order valence-electron chi connectivity index (χ1n) is 18.4. The van der Waals surface area contributed by atoms with E-state index < -0.39 is 0 Å². The zero-order chi connectivity index (χ0) is 34.2. The van der Waals surface area contributed by atoms with Gasteiger partial charge >= 0.3 is 0 Å². The van der Waals surface area contributed by atoms with Crippen LogP contribution in [0.5, 0.6) is 0 Å². The van der Waals surface area contributed by atoms with Gasteiger partial charge in [-0.1, -0.05) is 61.8 Å². The number of nitrogens with zero attached hydrogens (tertiary/aromatic N) is 4. The fourth-order valence-electron chi connectivity index (χ4n) is 4.66. The molecular weight excluding hydrogens is 512 g/mol. The van der Waals surface area contributed by atoms with Crippen LogP contribution in [0, 0.1) is 0 Å². The lowest BCUT2D eigenvalue weighted by Crippen LogP contribution is -2.49. The first kappa shape index (κ1) is 48.7. The molecule has 0 bridgehead atoms. The molecule has 0 saturated carbocycles. The lowest BCUT2D eigenvalue weighted by atomic mass is 10.0. The average molecular weight is 601 g/mol. The fourth-order valence-corrected chi connectivity index (χ4v) is 4.66. The first-order valence-corrected chi connectivity index (χ1v) is 18.4. The predicted octanol–water partition coefficient (Wildman–Crippen LogP) is 10.8. The van der Waals surface area contributed by atoms with Crippen LogP contribution in [0.25, 0.3) is 0 Å². The second-order valence-electron chi connectivity index (χ2n) is 14.8.